The van der Waals surface area contributed by atoms with Crippen LogP contribution in [0.1, 0.15) is 51.6 Å². The van der Waals surface area contributed by atoms with Gasteiger partial charge in [0.2, 0.25) is 29.5 Å². The number of H-pyrrole nitrogens is 1. The Kier molecular flexibility index (Phi) is 19.5. The number of hydrogen-bond donors (Lipinski definition) is 3. The fourth-order valence-corrected chi connectivity index (χ4v) is 10.9. The Labute approximate surface area is 507 Å². The van der Waals surface area contributed by atoms with Gasteiger partial charge in [-0.3, -0.25) is 9.59 Å². The van der Waals surface area contributed by atoms with Gasteiger partial charge in [0.05, 0.1) is 74.8 Å². The first kappa shape index (κ1) is 60.3. The molecule has 88 heavy (non-hydrogen) atoms. The monoisotopic (exact) mass is 1210 g/mol. The zero-order valence-corrected chi connectivity index (χ0v) is 50.0. The van der Waals surface area contributed by atoms with E-state index in [1.807, 2.05) is 64.5 Å². The SMILES string of the molecule is CCC[C@@H](C(=O)N1CCN(c2ccc(OCCOCCOC)cc2)CC1)n1ncc2c1nc(N)n1nc(-c3ccc[nH]3)nc21.CCC[C@H](C(=O)N1CCN(c2ccc(OCCOCCOC)cc2)CC1)n1ncc2c1nc(N)n1nc(-c3ccco3)nc21. The van der Waals surface area contributed by atoms with Gasteiger partial charge in [0.1, 0.15) is 36.8 Å². The molecule has 0 bridgehead atoms. The number of aromatic amines is 1. The van der Waals surface area contributed by atoms with Crippen molar-refractivity contribution in [1.29, 1.82) is 0 Å². The van der Waals surface area contributed by atoms with Crippen molar-refractivity contribution in [2.24, 2.45) is 0 Å². The molecule has 0 radical (unpaired) electrons. The smallest absolute Gasteiger partial charge is 0.247 e. The first-order chi connectivity index (χ1) is 43.1. The van der Waals surface area contributed by atoms with Crippen LogP contribution in [0.5, 0.6) is 11.5 Å². The van der Waals surface area contributed by atoms with Crippen molar-refractivity contribution < 1.29 is 42.4 Å². The number of anilines is 4. The number of nitrogens with one attached hydrogen (secondary N) is 1. The molecule has 2 atom stereocenters. The molecule has 0 unspecified atom stereocenters. The summed E-state index contributed by atoms with van der Waals surface area (Å²) >= 11 is 0. The highest BCUT2D eigenvalue weighted by atomic mass is 16.5. The number of benzene rings is 2. The maximum atomic E-state index is 13.9. The number of carbonyl (C=O) groups is 2. The first-order valence-corrected chi connectivity index (χ1v) is 29.8. The van der Waals surface area contributed by atoms with E-state index < -0.39 is 12.1 Å². The second kappa shape index (κ2) is 28.4. The molecule has 28 nitrogen and oxygen atoms in total. The second-order valence-electron chi connectivity index (χ2n) is 21.1. The Morgan fingerprint density at radius 3 is 1.45 bits per heavy atom. The van der Waals surface area contributed by atoms with Crippen LogP contribution < -0.4 is 30.7 Å². The van der Waals surface area contributed by atoms with Crippen molar-refractivity contribution in [2.45, 2.75) is 51.6 Å². The molecule has 28 heteroatoms. The third-order valence-corrected chi connectivity index (χ3v) is 15.4. The van der Waals surface area contributed by atoms with Crippen LogP contribution in [-0.2, 0) is 28.5 Å². The molecular weight excluding hydrogens is 1130 g/mol. The first-order valence-electron chi connectivity index (χ1n) is 29.8. The molecule has 12 rings (SSSR count). The third kappa shape index (κ3) is 13.4. The molecule has 2 aromatic carbocycles. The van der Waals surface area contributed by atoms with Crippen molar-refractivity contribution in [1.82, 2.24) is 73.5 Å². The lowest BCUT2D eigenvalue weighted by molar-refractivity contribution is -0.136. The Morgan fingerprint density at radius 1 is 0.557 bits per heavy atom. The number of methoxy groups -OCH3 is 2. The number of aromatic nitrogens is 13. The summed E-state index contributed by atoms with van der Waals surface area (Å²) in [6.45, 7) is 13.7. The third-order valence-electron chi connectivity index (χ3n) is 15.4. The van der Waals surface area contributed by atoms with E-state index in [4.69, 9.17) is 49.3 Å². The van der Waals surface area contributed by atoms with E-state index in [1.54, 1.807) is 54.4 Å². The maximum Gasteiger partial charge on any atom is 0.247 e. The average molecular weight is 1210 g/mol. The Morgan fingerprint density at radius 2 is 1.02 bits per heavy atom. The molecular formula is C60H75N19O9. The number of carbonyl (C=O) groups excluding carboxylic acids is 2. The number of amides is 2. The quantitative estimate of drug-likeness (QED) is 0.0537. The summed E-state index contributed by atoms with van der Waals surface area (Å²) < 4.78 is 44.2. The standard InChI is InChI=1S/C30H38N10O4.C30H37N9O5/c1-3-5-25(39-28-23(20-33-39)27-34-26(24-6-4-11-32-24)36-40(27)30(31)35-28)29(41)38-14-12-37(13-15-38)21-7-9-22(10-8-21)44-19-18-43-17-16-42-2;1-3-5-24(38-28-23(20-32-38)27-33-26(25-6-4-15-44-25)35-39(27)30(31)34-28)29(40)37-13-11-36(12-14-37)21-7-9-22(10-8-21)43-19-18-42-17-16-41-2/h4,6-11,20,25,32H,3,5,12-19H2,1-2H3,(H2,31,35);4,6-10,15,20,24H,3,5,11-14,16-19H2,1-2H3,(H2,31,34)/t25-;24-/m01/s1. The highest BCUT2D eigenvalue weighted by Crippen LogP contribution is 2.31. The van der Waals surface area contributed by atoms with Gasteiger partial charge in [-0.15, -0.1) is 10.2 Å². The average Bonchev–Trinajstić information content (AvgIpc) is 2.64. The number of fused-ring (bicyclic) bond motifs is 6. The van der Waals surface area contributed by atoms with Gasteiger partial charge in [-0.05, 0) is 85.6 Å². The molecule has 5 N–H and O–H groups in total. The minimum absolute atomic E-state index is 0.0194. The van der Waals surface area contributed by atoms with E-state index >= 15 is 0 Å². The van der Waals surface area contributed by atoms with Crippen LogP contribution in [0.25, 0.3) is 56.5 Å². The predicted molar refractivity (Wildman–Crippen MR) is 329 cm³/mol. The maximum absolute atomic E-state index is 13.9. The lowest BCUT2D eigenvalue weighted by Gasteiger charge is -2.37. The molecule has 10 heterocycles. The minimum Gasteiger partial charge on any atom is -0.491 e. The van der Waals surface area contributed by atoms with Crippen LogP contribution in [0.3, 0.4) is 0 Å². The van der Waals surface area contributed by atoms with Crippen molar-refractivity contribution in [3.63, 3.8) is 0 Å². The van der Waals surface area contributed by atoms with Crippen molar-refractivity contribution in [3.05, 3.63) is 97.7 Å². The number of ether oxygens (including phenoxy) is 6. The Bertz CT molecular complexity index is 3600. The van der Waals surface area contributed by atoms with Crippen LogP contribution in [-0.4, -0.2) is 205 Å². The van der Waals surface area contributed by atoms with Gasteiger partial charge in [-0.1, -0.05) is 26.7 Å². The highest BCUT2D eigenvalue weighted by Gasteiger charge is 2.33. The second-order valence-corrected chi connectivity index (χ2v) is 21.1. The molecule has 2 fully saturated rings. The summed E-state index contributed by atoms with van der Waals surface area (Å²) in [5.74, 6) is 3.40. The number of hydrogen-bond acceptors (Lipinski definition) is 21. The van der Waals surface area contributed by atoms with Crippen molar-refractivity contribution >= 4 is 68.4 Å². The lowest BCUT2D eigenvalue weighted by atomic mass is 10.1. The molecule has 8 aromatic heterocycles. The zero-order chi connectivity index (χ0) is 60.9. The highest BCUT2D eigenvalue weighted by molar-refractivity contribution is 5.93. The van der Waals surface area contributed by atoms with Crippen LogP contribution in [0, 0.1) is 0 Å². The van der Waals surface area contributed by atoms with Crippen LogP contribution in [0.4, 0.5) is 23.3 Å². The molecule has 0 aliphatic carbocycles. The molecule has 0 spiro atoms. The fraction of sp³-hybridized carbons (Fsp3) is 0.433. The number of nitrogens with two attached hydrogens (primary N) is 2. The van der Waals surface area contributed by atoms with Gasteiger partial charge in [-0.25, -0.2) is 19.3 Å². The van der Waals surface area contributed by atoms with E-state index in [-0.39, 0.29) is 23.7 Å². The zero-order valence-electron chi connectivity index (χ0n) is 50.0. The van der Waals surface area contributed by atoms with E-state index in [0.29, 0.717) is 143 Å². The number of piperazine rings is 2. The largest absolute Gasteiger partial charge is 0.491 e. The predicted octanol–water partition coefficient (Wildman–Crippen LogP) is 5.83. The lowest BCUT2D eigenvalue weighted by Crippen LogP contribution is -2.50. The van der Waals surface area contributed by atoms with E-state index in [9.17, 15) is 9.59 Å². The minimum atomic E-state index is -0.513. The van der Waals surface area contributed by atoms with Gasteiger partial charge in [0.15, 0.2) is 34.2 Å². The number of furan rings is 1. The summed E-state index contributed by atoms with van der Waals surface area (Å²) in [5, 5.41) is 19.6. The summed E-state index contributed by atoms with van der Waals surface area (Å²) in [6, 6.07) is 22.4. The summed E-state index contributed by atoms with van der Waals surface area (Å²) in [4.78, 5) is 57.9. The van der Waals surface area contributed by atoms with E-state index in [2.05, 4.69) is 76.1 Å². The van der Waals surface area contributed by atoms with Crippen LogP contribution in [0.15, 0.2) is 102 Å². The van der Waals surface area contributed by atoms with Crippen LogP contribution >= 0.6 is 0 Å². The molecule has 2 amide bonds. The normalized spacial score (nSPS) is 14.5. The van der Waals surface area contributed by atoms with E-state index in [0.717, 1.165) is 67.6 Å². The van der Waals surface area contributed by atoms with Gasteiger partial charge < -0.3 is 68.9 Å². The molecule has 2 saturated heterocycles. The number of nitrogens with zero attached hydrogens (tertiary/aromatic N) is 16. The molecule has 0 saturated carbocycles. The van der Waals surface area contributed by atoms with Gasteiger partial charge in [-0.2, -0.15) is 29.2 Å². The van der Waals surface area contributed by atoms with E-state index in [1.165, 1.54) is 9.03 Å². The number of nitrogen functional groups attached to an aromatic ring is 2. The molecule has 464 valence electrons. The van der Waals surface area contributed by atoms with Crippen molar-refractivity contribution in [3.8, 4) is 34.6 Å². The Balaban J connectivity index is 0.000000182. The molecule has 2 aliphatic rings. The number of rotatable bonds is 26. The van der Waals surface area contributed by atoms with Gasteiger partial charge in [0.25, 0.3) is 0 Å². The molecule has 2 aliphatic heterocycles. The van der Waals surface area contributed by atoms with Gasteiger partial charge >= 0.3 is 0 Å². The topological polar surface area (TPSA) is 305 Å². The summed E-state index contributed by atoms with van der Waals surface area (Å²) in [7, 11) is 3.30. The van der Waals surface area contributed by atoms with Crippen LogP contribution in [0.2, 0.25) is 0 Å². The van der Waals surface area contributed by atoms with Gasteiger partial charge in [0, 0.05) is 84.1 Å². The van der Waals surface area contributed by atoms with Crippen molar-refractivity contribution in [2.75, 3.05) is 141 Å². The molecule has 10 aromatic rings. The summed E-state index contributed by atoms with van der Waals surface area (Å²) in [6.07, 6.45) is 9.60. The summed E-state index contributed by atoms with van der Waals surface area (Å²) in [5.41, 5.74) is 17.7. The Hall–Kier alpha value is -9.38. The fourth-order valence-electron chi connectivity index (χ4n) is 10.9.